The van der Waals surface area contributed by atoms with E-state index in [9.17, 15) is 4.39 Å². The SMILES string of the molecule is Cc1ccc(CC(NN)c2cccc(C)c2F)c(Cl)c1. The first-order valence-corrected chi connectivity index (χ1v) is 6.87. The monoisotopic (exact) mass is 292 g/mol. The maximum atomic E-state index is 14.2. The molecule has 0 aliphatic carbocycles. The second-order valence-electron chi connectivity index (χ2n) is 5.00. The van der Waals surface area contributed by atoms with Crippen LogP contribution in [0.1, 0.15) is 28.3 Å². The average molecular weight is 293 g/mol. The van der Waals surface area contributed by atoms with Gasteiger partial charge in [0.1, 0.15) is 5.82 Å². The standard InChI is InChI=1S/C16H18ClFN2/c1-10-6-7-12(14(17)8-10)9-15(20-19)13-5-3-4-11(2)16(13)18/h3-8,15,20H,9,19H2,1-2H3. The van der Waals surface area contributed by atoms with Crippen molar-refractivity contribution in [3.8, 4) is 0 Å². The van der Waals surface area contributed by atoms with Crippen LogP contribution in [0, 0.1) is 19.7 Å². The quantitative estimate of drug-likeness (QED) is 0.664. The van der Waals surface area contributed by atoms with E-state index in [4.69, 9.17) is 17.4 Å². The van der Waals surface area contributed by atoms with Gasteiger partial charge in [-0.15, -0.1) is 0 Å². The van der Waals surface area contributed by atoms with Crippen LogP contribution < -0.4 is 11.3 Å². The first-order chi connectivity index (χ1) is 9.52. The molecule has 2 rings (SSSR count). The molecule has 0 bridgehead atoms. The zero-order valence-electron chi connectivity index (χ0n) is 11.6. The summed E-state index contributed by atoms with van der Waals surface area (Å²) in [6, 6.07) is 10.8. The number of hydrogen-bond donors (Lipinski definition) is 2. The fourth-order valence-electron chi connectivity index (χ4n) is 2.24. The lowest BCUT2D eigenvalue weighted by atomic mass is 9.97. The average Bonchev–Trinajstić information content (AvgIpc) is 2.42. The summed E-state index contributed by atoms with van der Waals surface area (Å²) in [7, 11) is 0. The predicted molar refractivity (Wildman–Crippen MR) is 81.1 cm³/mol. The number of aryl methyl sites for hydroxylation is 2. The number of benzene rings is 2. The van der Waals surface area contributed by atoms with Gasteiger partial charge in [-0.2, -0.15) is 0 Å². The van der Waals surface area contributed by atoms with E-state index in [1.807, 2.05) is 31.2 Å². The third-order valence-corrected chi connectivity index (χ3v) is 3.78. The van der Waals surface area contributed by atoms with Gasteiger partial charge in [-0.25, -0.2) is 4.39 Å². The minimum Gasteiger partial charge on any atom is -0.271 e. The van der Waals surface area contributed by atoms with E-state index >= 15 is 0 Å². The van der Waals surface area contributed by atoms with Crippen molar-refractivity contribution in [2.75, 3.05) is 0 Å². The van der Waals surface area contributed by atoms with Gasteiger partial charge in [0.2, 0.25) is 0 Å². The zero-order chi connectivity index (χ0) is 14.7. The van der Waals surface area contributed by atoms with E-state index < -0.39 is 0 Å². The van der Waals surface area contributed by atoms with Gasteiger partial charge in [0, 0.05) is 10.6 Å². The Morgan fingerprint density at radius 1 is 1.25 bits per heavy atom. The highest BCUT2D eigenvalue weighted by molar-refractivity contribution is 6.31. The van der Waals surface area contributed by atoms with Crippen molar-refractivity contribution in [2.45, 2.75) is 26.3 Å². The van der Waals surface area contributed by atoms with Crippen LogP contribution in [0.25, 0.3) is 0 Å². The smallest absolute Gasteiger partial charge is 0.130 e. The van der Waals surface area contributed by atoms with E-state index in [0.717, 1.165) is 11.1 Å². The maximum Gasteiger partial charge on any atom is 0.130 e. The molecular weight excluding hydrogens is 275 g/mol. The van der Waals surface area contributed by atoms with Gasteiger partial charge >= 0.3 is 0 Å². The summed E-state index contributed by atoms with van der Waals surface area (Å²) in [6.07, 6.45) is 0.538. The molecule has 0 aromatic heterocycles. The summed E-state index contributed by atoms with van der Waals surface area (Å²) in [5.41, 5.74) is 5.89. The molecule has 2 aromatic carbocycles. The Labute approximate surface area is 123 Å². The molecular formula is C16H18ClFN2. The van der Waals surface area contributed by atoms with Crippen molar-refractivity contribution in [2.24, 2.45) is 5.84 Å². The molecule has 0 aliphatic rings. The molecule has 4 heteroatoms. The fraction of sp³-hybridized carbons (Fsp3) is 0.250. The lowest BCUT2D eigenvalue weighted by molar-refractivity contribution is 0.507. The van der Waals surface area contributed by atoms with Gasteiger partial charge < -0.3 is 0 Å². The van der Waals surface area contributed by atoms with Crippen molar-refractivity contribution in [3.05, 3.63) is 69.5 Å². The largest absolute Gasteiger partial charge is 0.271 e. The minimum atomic E-state index is -0.310. The Hall–Kier alpha value is -1.42. The molecule has 0 radical (unpaired) electrons. The van der Waals surface area contributed by atoms with Crippen LogP contribution in [-0.4, -0.2) is 0 Å². The molecule has 0 spiro atoms. The second kappa shape index (κ2) is 6.35. The zero-order valence-corrected chi connectivity index (χ0v) is 12.3. The van der Waals surface area contributed by atoms with E-state index in [1.54, 1.807) is 19.1 Å². The van der Waals surface area contributed by atoms with E-state index in [0.29, 0.717) is 22.6 Å². The van der Waals surface area contributed by atoms with Crippen molar-refractivity contribution in [1.29, 1.82) is 0 Å². The van der Waals surface area contributed by atoms with Gasteiger partial charge in [-0.05, 0) is 43.0 Å². The minimum absolute atomic E-state index is 0.223. The van der Waals surface area contributed by atoms with E-state index in [-0.39, 0.29) is 11.9 Å². The highest BCUT2D eigenvalue weighted by Gasteiger charge is 2.17. The fourth-order valence-corrected chi connectivity index (χ4v) is 2.55. The van der Waals surface area contributed by atoms with Crippen LogP contribution in [0.3, 0.4) is 0 Å². The summed E-state index contributed by atoms with van der Waals surface area (Å²) in [5.74, 6) is 5.37. The Kier molecular flexibility index (Phi) is 4.76. The maximum absolute atomic E-state index is 14.2. The van der Waals surface area contributed by atoms with Gasteiger partial charge in [0.15, 0.2) is 0 Å². The van der Waals surface area contributed by atoms with E-state index in [1.165, 1.54) is 0 Å². The lowest BCUT2D eigenvalue weighted by Gasteiger charge is -2.19. The summed E-state index contributed by atoms with van der Waals surface area (Å²) < 4.78 is 14.2. The molecule has 3 N–H and O–H groups in total. The molecule has 0 fully saturated rings. The molecule has 0 amide bonds. The second-order valence-corrected chi connectivity index (χ2v) is 5.40. The van der Waals surface area contributed by atoms with Crippen molar-refractivity contribution in [3.63, 3.8) is 0 Å². The van der Waals surface area contributed by atoms with Crippen molar-refractivity contribution in [1.82, 2.24) is 5.43 Å². The number of hydrogen-bond acceptors (Lipinski definition) is 2. The summed E-state index contributed by atoms with van der Waals surface area (Å²) >= 11 is 6.23. The molecule has 2 aromatic rings. The first-order valence-electron chi connectivity index (χ1n) is 6.49. The van der Waals surface area contributed by atoms with Gasteiger partial charge in [-0.3, -0.25) is 11.3 Å². The topological polar surface area (TPSA) is 38.0 Å². The molecule has 0 heterocycles. The van der Waals surface area contributed by atoms with Crippen LogP contribution in [0.5, 0.6) is 0 Å². The van der Waals surface area contributed by atoms with Crippen molar-refractivity contribution >= 4 is 11.6 Å². The highest BCUT2D eigenvalue weighted by Crippen LogP contribution is 2.26. The summed E-state index contributed by atoms with van der Waals surface area (Å²) in [4.78, 5) is 0. The Balaban J connectivity index is 2.31. The van der Waals surface area contributed by atoms with Crippen LogP contribution in [0.15, 0.2) is 36.4 Å². The normalized spacial score (nSPS) is 12.4. The van der Waals surface area contributed by atoms with Crippen LogP contribution >= 0.6 is 11.6 Å². The molecule has 0 saturated carbocycles. The Bertz CT molecular complexity index is 613. The molecule has 1 unspecified atom stereocenters. The first kappa shape index (κ1) is 15.0. The lowest BCUT2D eigenvalue weighted by Crippen LogP contribution is -2.30. The molecule has 1 atom stereocenters. The molecule has 0 aliphatic heterocycles. The van der Waals surface area contributed by atoms with Crippen molar-refractivity contribution < 1.29 is 4.39 Å². The number of hydrazine groups is 1. The summed E-state index contributed by atoms with van der Waals surface area (Å²) in [6.45, 7) is 3.72. The Morgan fingerprint density at radius 2 is 2.00 bits per heavy atom. The third kappa shape index (κ3) is 3.18. The molecule has 106 valence electrons. The molecule has 2 nitrogen and oxygen atoms in total. The Morgan fingerprint density at radius 3 is 2.65 bits per heavy atom. The number of halogens is 2. The molecule has 20 heavy (non-hydrogen) atoms. The predicted octanol–water partition coefficient (Wildman–Crippen LogP) is 3.84. The summed E-state index contributed by atoms with van der Waals surface area (Å²) in [5, 5.41) is 0.679. The van der Waals surface area contributed by atoms with Gasteiger partial charge in [-0.1, -0.05) is 41.9 Å². The van der Waals surface area contributed by atoms with Gasteiger partial charge in [0.25, 0.3) is 0 Å². The van der Waals surface area contributed by atoms with Crippen LogP contribution in [0.4, 0.5) is 4.39 Å². The van der Waals surface area contributed by atoms with E-state index in [2.05, 4.69) is 5.43 Å². The number of nitrogens with two attached hydrogens (primary N) is 1. The van der Waals surface area contributed by atoms with Crippen LogP contribution in [0.2, 0.25) is 5.02 Å². The van der Waals surface area contributed by atoms with Crippen LogP contribution in [-0.2, 0) is 6.42 Å². The molecule has 0 saturated heterocycles. The van der Waals surface area contributed by atoms with Gasteiger partial charge in [0.05, 0.1) is 6.04 Å². The highest BCUT2D eigenvalue weighted by atomic mass is 35.5. The number of rotatable bonds is 4. The number of nitrogens with one attached hydrogen (secondary N) is 1. The third-order valence-electron chi connectivity index (χ3n) is 3.43.